The van der Waals surface area contributed by atoms with E-state index in [0.29, 0.717) is 19.6 Å². The van der Waals surface area contributed by atoms with Gasteiger partial charge in [0.2, 0.25) is 10.0 Å². The van der Waals surface area contributed by atoms with E-state index in [4.69, 9.17) is 10.6 Å². The lowest BCUT2D eigenvalue weighted by Crippen LogP contribution is -2.35. The number of hydrazine groups is 1. The maximum atomic E-state index is 12.1. The molecule has 0 amide bonds. The number of nitrogen functional groups attached to an aromatic ring is 1. The zero-order valence-corrected chi connectivity index (χ0v) is 11.2. The van der Waals surface area contributed by atoms with Gasteiger partial charge in [-0.1, -0.05) is 0 Å². The van der Waals surface area contributed by atoms with E-state index in [1.807, 2.05) is 0 Å². The second kappa shape index (κ2) is 5.71. The minimum atomic E-state index is -3.77. The Labute approximate surface area is 115 Å². The van der Waals surface area contributed by atoms with Crippen LogP contribution in [-0.2, 0) is 14.8 Å². The number of nitro benzene ring substituents is 1. The smallest absolute Gasteiger partial charge is 0.293 e. The molecule has 20 heavy (non-hydrogen) atoms. The molecule has 1 unspecified atom stereocenters. The van der Waals surface area contributed by atoms with Crippen LogP contribution in [0, 0.1) is 10.1 Å². The lowest BCUT2D eigenvalue weighted by molar-refractivity contribution is -0.384. The minimum absolute atomic E-state index is 0.0689. The molecule has 0 aromatic heterocycles. The quantitative estimate of drug-likeness (QED) is 0.394. The van der Waals surface area contributed by atoms with Crippen molar-refractivity contribution in [2.75, 3.05) is 18.6 Å². The summed E-state index contributed by atoms with van der Waals surface area (Å²) in [5, 5.41) is 10.7. The van der Waals surface area contributed by atoms with E-state index in [1.165, 1.54) is 0 Å². The van der Waals surface area contributed by atoms with Crippen LogP contribution >= 0.6 is 0 Å². The Morgan fingerprint density at radius 2 is 2.20 bits per heavy atom. The Morgan fingerprint density at radius 1 is 1.45 bits per heavy atom. The van der Waals surface area contributed by atoms with Crippen molar-refractivity contribution < 1.29 is 18.1 Å². The summed E-state index contributed by atoms with van der Waals surface area (Å²) in [6.07, 6.45) is 0.591. The summed E-state index contributed by atoms with van der Waals surface area (Å²) in [6.45, 7) is 0.817. The van der Waals surface area contributed by atoms with E-state index in [2.05, 4.69) is 10.1 Å². The third kappa shape index (κ3) is 3.04. The van der Waals surface area contributed by atoms with Crippen molar-refractivity contribution in [3.8, 4) is 0 Å². The maximum absolute atomic E-state index is 12.1. The van der Waals surface area contributed by atoms with Gasteiger partial charge in [-0.25, -0.2) is 13.1 Å². The Bertz CT molecular complexity index is 612. The number of nitro groups is 1. The van der Waals surface area contributed by atoms with Gasteiger partial charge in [-0.2, -0.15) is 0 Å². The molecule has 1 heterocycles. The third-order valence-electron chi connectivity index (χ3n) is 2.88. The van der Waals surface area contributed by atoms with Crippen LogP contribution in [0.15, 0.2) is 23.1 Å². The Kier molecular flexibility index (Phi) is 4.18. The molecule has 9 nitrogen and oxygen atoms in total. The maximum Gasteiger partial charge on any atom is 0.293 e. The van der Waals surface area contributed by atoms with Crippen LogP contribution in [0.2, 0.25) is 0 Å². The van der Waals surface area contributed by atoms with Gasteiger partial charge in [0.1, 0.15) is 5.69 Å². The highest BCUT2D eigenvalue weighted by Crippen LogP contribution is 2.26. The van der Waals surface area contributed by atoms with Crippen LogP contribution in [0.5, 0.6) is 0 Å². The molecular formula is C10H14N4O5S. The fourth-order valence-corrected chi connectivity index (χ4v) is 3.15. The number of sulfonamides is 1. The van der Waals surface area contributed by atoms with Crippen LogP contribution in [0.4, 0.5) is 11.4 Å². The first-order valence-corrected chi connectivity index (χ1v) is 7.27. The first-order chi connectivity index (χ1) is 9.44. The van der Waals surface area contributed by atoms with E-state index in [9.17, 15) is 18.5 Å². The van der Waals surface area contributed by atoms with Crippen molar-refractivity contribution in [2.24, 2.45) is 5.84 Å². The molecule has 0 aliphatic carbocycles. The van der Waals surface area contributed by atoms with Gasteiger partial charge in [-0.05, 0) is 18.6 Å². The van der Waals surface area contributed by atoms with Gasteiger partial charge < -0.3 is 10.2 Å². The van der Waals surface area contributed by atoms with E-state index in [-0.39, 0.29) is 22.3 Å². The van der Waals surface area contributed by atoms with Crippen LogP contribution in [0.3, 0.4) is 0 Å². The number of anilines is 1. The number of nitrogens with two attached hydrogens (primary N) is 1. The molecule has 1 aliphatic rings. The predicted molar refractivity (Wildman–Crippen MR) is 70.5 cm³/mol. The van der Waals surface area contributed by atoms with Crippen molar-refractivity contribution in [1.82, 2.24) is 4.72 Å². The predicted octanol–water partition coefficient (Wildman–Crippen LogP) is -0.0524. The average Bonchev–Trinajstić information content (AvgIpc) is 2.89. The molecule has 10 heteroatoms. The highest BCUT2D eigenvalue weighted by atomic mass is 32.2. The van der Waals surface area contributed by atoms with Gasteiger partial charge in [-0.15, -0.1) is 0 Å². The summed E-state index contributed by atoms with van der Waals surface area (Å²) >= 11 is 0. The Hall–Kier alpha value is -1.75. The van der Waals surface area contributed by atoms with Gasteiger partial charge in [0.05, 0.1) is 16.4 Å². The summed E-state index contributed by atoms with van der Waals surface area (Å²) in [7, 11) is -3.77. The molecular weight excluding hydrogens is 288 g/mol. The number of hydrogen-bond donors (Lipinski definition) is 3. The van der Waals surface area contributed by atoms with Gasteiger partial charge in [-0.3, -0.25) is 16.0 Å². The summed E-state index contributed by atoms with van der Waals surface area (Å²) in [6, 6.07) is 3.09. The monoisotopic (exact) mass is 302 g/mol. The van der Waals surface area contributed by atoms with Crippen LogP contribution in [0.25, 0.3) is 0 Å². The lowest BCUT2D eigenvalue weighted by Gasteiger charge is -2.12. The number of nitrogens with zero attached hydrogens (tertiary/aromatic N) is 1. The van der Waals surface area contributed by atoms with Gasteiger partial charge in [0.25, 0.3) is 5.69 Å². The molecule has 0 bridgehead atoms. The van der Waals surface area contributed by atoms with E-state index >= 15 is 0 Å². The van der Waals surface area contributed by atoms with Crippen LogP contribution in [0.1, 0.15) is 6.42 Å². The summed E-state index contributed by atoms with van der Waals surface area (Å²) in [5.41, 5.74) is 1.76. The fraction of sp³-hybridized carbons (Fsp3) is 0.400. The minimum Gasteiger partial charge on any atom is -0.380 e. The molecule has 0 saturated carbocycles. The largest absolute Gasteiger partial charge is 0.380 e. The molecule has 1 aromatic carbocycles. The highest BCUT2D eigenvalue weighted by Gasteiger charge is 2.25. The van der Waals surface area contributed by atoms with E-state index < -0.39 is 14.9 Å². The Morgan fingerprint density at radius 3 is 2.75 bits per heavy atom. The average molecular weight is 302 g/mol. The number of nitrogens with one attached hydrogen (secondary N) is 2. The molecule has 1 aliphatic heterocycles. The fourth-order valence-electron chi connectivity index (χ4n) is 1.87. The zero-order chi connectivity index (χ0) is 14.8. The van der Waals surface area contributed by atoms with Gasteiger partial charge in [0.15, 0.2) is 0 Å². The third-order valence-corrected chi connectivity index (χ3v) is 4.40. The van der Waals surface area contributed by atoms with Gasteiger partial charge >= 0.3 is 0 Å². The van der Waals surface area contributed by atoms with Crippen molar-refractivity contribution in [3.63, 3.8) is 0 Å². The topological polar surface area (TPSA) is 137 Å². The summed E-state index contributed by atoms with van der Waals surface area (Å²) in [4.78, 5) is 10.0. The van der Waals surface area contributed by atoms with Crippen molar-refractivity contribution in [2.45, 2.75) is 17.4 Å². The molecule has 1 atom stereocenters. The van der Waals surface area contributed by atoms with Crippen molar-refractivity contribution >= 4 is 21.4 Å². The highest BCUT2D eigenvalue weighted by molar-refractivity contribution is 7.89. The zero-order valence-electron chi connectivity index (χ0n) is 10.4. The molecule has 1 saturated heterocycles. The summed E-state index contributed by atoms with van der Waals surface area (Å²) < 4.78 is 31.8. The molecule has 4 N–H and O–H groups in total. The molecule has 1 fully saturated rings. The first kappa shape index (κ1) is 14.7. The molecule has 2 rings (SSSR count). The van der Waals surface area contributed by atoms with Crippen LogP contribution in [-0.4, -0.2) is 32.6 Å². The normalized spacial score (nSPS) is 18.9. The van der Waals surface area contributed by atoms with Crippen molar-refractivity contribution in [1.29, 1.82) is 0 Å². The standard InChI is InChI=1S/C10H14N4O5S/c11-12-9-5-8(1-2-10(9)14(15)16)20(17,18)13-7-3-4-19-6-7/h1-2,5,7,12-13H,3-4,6,11H2. The lowest BCUT2D eigenvalue weighted by atomic mass is 10.3. The number of ether oxygens (including phenoxy) is 1. The summed E-state index contributed by atoms with van der Waals surface area (Å²) in [5.74, 6) is 5.17. The van der Waals surface area contributed by atoms with Crippen LogP contribution < -0.4 is 16.0 Å². The number of benzene rings is 1. The van der Waals surface area contributed by atoms with Crippen molar-refractivity contribution in [3.05, 3.63) is 28.3 Å². The second-order valence-corrected chi connectivity index (χ2v) is 5.98. The van der Waals surface area contributed by atoms with E-state index in [1.54, 1.807) is 0 Å². The number of hydrogen-bond acceptors (Lipinski definition) is 7. The SMILES string of the molecule is NNc1cc(S(=O)(=O)NC2CCOC2)ccc1[N+](=O)[O-]. The van der Waals surface area contributed by atoms with E-state index in [0.717, 1.165) is 18.2 Å². The second-order valence-electron chi connectivity index (χ2n) is 4.26. The first-order valence-electron chi connectivity index (χ1n) is 5.79. The molecule has 0 spiro atoms. The Balaban J connectivity index is 2.29. The number of rotatable bonds is 5. The molecule has 110 valence electrons. The molecule has 0 radical (unpaired) electrons. The van der Waals surface area contributed by atoms with Gasteiger partial charge in [0, 0.05) is 18.7 Å². The molecule has 1 aromatic rings.